The van der Waals surface area contributed by atoms with Crippen LogP contribution in [0.5, 0.6) is 0 Å². The Hall–Kier alpha value is -1.62. The monoisotopic (exact) mass is 344 g/mol. The van der Waals surface area contributed by atoms with Gasteiger partial charge in [-0.05, 0) is 51.2 Å². The topological polar surface area (TPSA) is 39.7 Å². The third-order valence-corrected chi connectivity index (χ3v) is 5.71. The first kappa shape index (κ1) is 16.8. The van der Waals surface area contributed by atoms with Crippen molar-refractivity contribution in [2.24, 2.45) is 4.99 Å². The number of hydrogen-bond donors (Lipinski definition) is 2. The van der Waals surface area contributed by atoms with Crippen molar-refractivity contribution in [2.75, 3.05) is 13.1 Å². The second kappa shape index (κ2) is 6.94. The Morgan fingerprint density at radius 2 is 2.04 bits per heavy atom. The normalized spacial score (nSPS) is 32.7. The summed E-state index contributed by atoms with van der Waals surface area (Å²) in [6.07, 6.45) is 4.86. The first-order chi connectivity index (χ1) is 12.2. The van der Waals surface area contributed by atoms with E-state index in [-0.39, 0.29) is 17.8 Å². The van der Waals surface area contributed by atoms with Gasteiger partial charge in [0.25, 0.3) is 0 Å². The van der Waals surface area contributed by atoms with Crippen molar-refractivity contribution in [3.63, 3.8) is 0 Å². The summed E-state index contributed by atoms with van der Waals surface area (Å²) in [6.45, 7) is 6.25. The molecule has 5 heteroatoms. The second-order valence-corrected chi connectivity index (χ2v) is 7.79. The van der Waals surface area contributed by atoms with Crippen molar-refractivity contribution in [1.82, 2.24) is 15.5 Å². The minimum Gasteiger partial charge on any atom is -0.353 e. The van der Waals surface area contributed by atoms with Gasteiger partial charge in [0.2, 0.25) is 0 Å². The molecule has 0 amide bonds. The van der Waals surface area contributed by atoms with Gasteiger partial charge in [0.1, 0.15) is 5.82 Å². The van der Waals surface area contributed by atoms with Gasteiger partial charge >= 0.3 is 0 Å². The summed E-state index contributed by atoms with van der Waals surface area (Å²) in [4.78, 5) is 7.25. The molecule has 1 heterocycles. The van der Waals surface area contributed by atoms with E-state index in [4.69, 9.17) is 0 Å². The molecule has 0 aromatic heterocycles. The van der Waals surface area contributed by atoms with Crippen molar-refractivity contribution >= 4 is 5.96 Å². The smallest absolute Gasteiger partial charge is 0.191 e. The molecule has 4 rings (SSSR count). The Labute approximate surface area is 149 Å². The lowest BCUT2D eigenvalue weighted by Crippen LogP contribution is -2.46. The van der Waals surface area contributed by atoms with Crippen molar-refractivity contribution in [2.45, 2.75) is 69.6 Å². The van der Waals surface area contributed by atoms with Crippen molar-refractivity contribution < 1.29 is 4.39 Å². The molecule has 0 radical (unpaired) electrons. The summed E-state index contributed by atoms with van der Waals surface area (Å²) in [7, 11) is 0. The quantitative estimate of drug-likeness (QED) is 0.637. The molecular weight excluding hydrogens is 315 g/mol. The molecule has 2 aliphatic carbocycles. The van der Waals surface area contributed by atoms with Gasteiger partial charge in [0.15, 0.2) is 5.96 Å². The maximum absolute atomic E-state index is 14.0. The maximum atomic E-state index is 14.0. The molecule has 3 aliphatic rings. The minimum atomic E-state index is -0.0940. The molecule has 2 N–H and O–H groups in total. The number of halogens is 1. The van der Waals surface area contributed by atoms with Crippen LogP contribution in [0.3, 0.4) is 0 Å². The summed E-state index contributed by atoms with van der Waals surface area (Å²) in [5, 5.41) is 7.14. The average Bonchev–Trinajstić information content (AvgIpc) is 3.49. The van der Waals surface area contributed by atoms with E-state index in [1.807, 2.05) is 12.1 Å². The Kier molecular flexibility index (Phi) is 4.67. The van der Waals surface area contributed by atoms with Crippen LogP contribution in [0.1, 0.15) is 51.0 Å². The highest BCUT2D eigenvalue weighted by Crippen LogP contribution is 2.41. The SMILES string of the molecule is CCN=C(NC1CC(C)N(C2CC2)C1)NC1CC1c1ccccc1F. The standard InChI is InChI=1S/C20H29FN4/c1-3-22-20(23-14-10-13(2)25(12-14)15-8-9-15)24-19-11-17(19)16-6-4-5-7-18(16)21/h4-7,13-15,17,19H,3,8-12H2,1-2H3,(H2,22,23,24). The van der Waals surface area contributed by atoms with Crippen LogP contribution in [0.4, 0.5) is 4.39 Å². The fourth-order valence-electron chi connectivity index (χ4n) is 4.21. The molecule has 4 unspecified atom stereocenters. The highest BCUT2D eigenvalue weighted by molar-refractivity contribution is 5.81. The maximum Gasteiger partial charge on any atom is 0.191 e. The zero-order valence-corrected chi connectivity index (χ0v) is 15.2. The number of likely N-dealkylation sites (tertiary alicyclic amines) is 1. The Bertz CT molecular complexity index is 642. The van der Waals surface area contributed by atoms with Gasteiger partial charge in [-0.15, -0.1) is 0 Å². The molecule has 2 saturated carbocycles. The number of guanidine groups is 1. The molecule has 4 atom stereocenters. The van der Waals surface area contributed by atoms with Gasteiger partial charge in [-0.3, -0.25) is 9.89 Å². The van der Waals surface area contributed by atoms with Gasteiger partial charge in [-0.2, -0.15) is 0 Å². The van der Waals surface area contributed by atoms with Crippen molar-refractivity contribution in [3.8, 4) is 0 Å². The fraction of sp³-hybridized carbons (Fsp3) is 0.650. The number of nitrogens with zero attached hydrogens (tertiary/aromatic N) is 2. The highest BCUT2D eigenvalue weighted by atomic mass is 19.1. The Balaban J connectivity index is 1.34. The first-order valence-corrected chi connectivity index (χ1v) is 9.73. The van der Waals surface area contributed by atoms with Gasteiger partial charge in [-0.25, -0.2) is 4.39 Å². The fourth-order valence-corrected chi connectivity index (χ4v) is 4.21. The lowest BCUT2D eigenvalue weighted by molar-refractivity contribution is 0.256. The second-order valence-electron chi connectivity index (χ2n) is 7.79. The lowest BCUT2D eigenvalue weighted by Gasteiger charge is -2.20. The number of aliphatic imine (C=N–C) groups is 1. The lowest BCUT2D eigenvalue weighted by atomic mass is 10.1. The van der Waals surface area contributed by atoms with Crippen LogP contribution in [0.25, 0.3) is 0 Å². The van der Waals surface area contributed by atoms with Crippen molar-refractivity contribution in [3.05, 3.63) is 35.6 Å². The predicted octanol–water partition coefficient (Wildman–Crippen LogP) is 2.86. The molecule has 1 aromatic rings. The Morgan fingerprint density at radius 3 is 2.76 bits per heavy atom. The van der Waals surface area contributed by atoms with Crippen LogP contribution in [0.15, 0.2) is 29.3 Å². The van der Waals surface area contributed by atoms with E-state index >= 15 is 0 Å². The average molecular weight is 344 g/mol. The predicted molar refractivity (Wildman–Crippen MR) is 99.4 cm³/mol. The van der Waals surface area contributed by atoms with Gasteiger partial charge in [0, 0.05) is 43.2 Å². The molecule has 1 saturated heterocycles. The molecule has 4 nitrogen and oxygen atoms in total. The molecular formula is C20H29FN4. The summed E-state index contributed by atoms with van der Waals surface area (Å²) < 4.78 is 14.0. The zero-order valence-electron chi connectivity index (χ0n) is 15.2. The molecule has 136 valence electrons. The Morgan fingerprint density at radius 1 is 1.24 bits per heavy atom. The van der Waals surface area contributed by atoms with E-state index in [1.54, 1.807) is 12.1 Å². The molecule has 1 aromatic carbocycles. The summed E-state index contributed by atoms with van der Waals surface area (Å²) >= 11 is 0. The van der Waals surface area contributed by atoms with Crippen LogP contribution in [-0.2, 0) is 0 Å². The minimum absolute atomic E-state index is 0.0940. The number of hydrogen-bond acceptors (Lipinski definition) is 2. The summed E-state index contributed by atoms with van der Waals surface area (Å²) in [5.41, 5.74) is 0.824. The number of rotatable bonds is 5. The summed E-state index contributed by atoms with van der Waals surface area (Å²) in [6, 6.07) is 9.33. The van der Waals surface area contributed by atoms with E-state index in [2.05, 4.69) is 34.4 Å². The summed E-state index contributed by atoms with van der Waals surface area (Å²) in [5.74, 6) is 1.06. The van der Waals surface area contributed by atoms with E-state index in [9.17, 15) is 4.39 Å². The van der Waals surface area contributed by atoms with Crippen LogP contribution in [-0.4, -0.2) is 48.1 Å². The molecule has 0 spiro atoms. The first-order valence-electron chi connectivity index (χ1n) is 9.73. The van der Waals surface area contributed by atoms with Gasteiger partial charge < -0.3 is 10.6 Å². The molecule has 1 aliphatic heterocycles. The van der Waals surface area contributed by atoms with Crippen LogP contribution < -0.4 is 10.6 Å². The van der Waals surface area contributed by atoms with Crippen LogP contribution >= 0.6 is 0 Å². The van der Waals surface area contributed by atoms with E-state index in [0.717, 1.165) is 37.1 Å². The van der Waals surface area contributed by atoms with Gasteiger partial charge in [0.05, 0.1) is 0 Å². The number of benzene rings is 1. The zero-order chi connectivity index (χ0) is 17.4. The van der Waals surface area contributed by atoms with Gasteiger partial charge in [-0.1, -0.05) is 18.2 Å². The largest absolute Gasteiger partial charge is 0.353 e. The third-order valence-electron chi connectivity index (χ3n) is 5.71. The van der Waals surface area contributed by atoms with E-state index in [0.29, 0.717) is 12.1 Å². The third kappa shape index (κ3) is 3.81. The highest BCUT2D eigenvalue weighted by Gasteiger charge is 2.42. The molecule has 0 bridgehead atoms. The molecule has 25 heavy (non-hydrogen) atoms. The van der Waals surface area contributed by atoms with Crippen molar-refractivity contribution in [1.29, 1.82) is 0 Å². The van der Waals surface area contributed by atoms with E-state index in [1.165, 1.54) is 19.3 Å². The van der Waals surface area contributed by atoms with E-state index < -0.39 is 0 Å². The van der Waals surface area contributed by atoms with Crippen LogP contribution in [0, 0.1) is 5.82 Å². The van der Waals surface area contributed by atoms with Crippen LogP contribution in [0.2, 0.25) is 0 Å². The molecule has 3 fully saturated rings. The number of nitrogens with one attached hydrogen (secondary N) is 2.